The van der Waals surface area contributed by atoms with Crippen LogP contribution in [0.5, 0.6) is 0 Å². The second-order valence-corrected chi connectivity index (χ2v) is 5.85. The molecule has 1 unspecified atom stereocenters. The van der Waals surface area contributed by atoms with E-state index in [1.165, 1.54) is 10.5 Å². The Morgan fingerprint density at radius 3 is 2.54 bits per heavy atom. The third kappa shape index (κ3) is 5.76. The molecule has 0 aliphatic carbocycles. The van der Waals surface area contributed by atoms with Crippen molar-refractivity contribution >= 4 is 11.9 Å². The number of aliphatic carboxylic acids is 1. The Labute approximate surface area is 156 Å². The summed E-state index contributed by atoms with van der Waals surface area (Å²) in [4.78, 5) is 25.3. The largest absolute Gasteiger partial charge is 0.480 e. The first-order valence-corrected chi connectivity index (χ1v) is 9.23. The molecule has 1 amide bonds. The van der Waals surface area contributed by atoms with E-state index in [4.69, 9.17) is 0 Å². The van der Waals surface area contributed by atoms with Gasteiger partial charge in [0.1, 0.15) is 6.04 Å². The van der Waals surface area contributed by atoms with Crippen molar-refractivity contribution in [3.8, 4) is 0 Å². The number of allylic oxidation sites excluding steroid dienone is 2. The Morgan fingerprint density at radius 1 is 1.31 bits per heavy atom. The molecule has 1 saturated heterocycles. The minimum atomic E-state index is -0.985. The molecule has 2 N–H and O–H groups in total. The minimum Gasteiger partial charge on any atom is -0.480 e. The zero-order chi connectivity index (χ0) is 19.5. The van der Waals surface area contributed by atoms with Gasteiger partial charge in [-0.2, -0.15) is 0 Å². The van der Waals surface area contributed by atoms with Crippen LogP contribution in [-0.4, -0.2) is 34.5 Å². The molecule has 142 valence electrons. The molecule has 0 spiro atoms. The van der Waals surface area contributed by atoms with Crippen molar-refractivity contribution in [2.24, 2.45) is 0 Å². The van der Waals surface area contributed by atoms with Gasteiger partial charge in [0.2, 0.25) is 0 Å². The summed E-state index contributed by atoms with van der Waals surface area (Å²) in [6, 6.07) is 9.34. The second-order valence-electron chi connectivity index (χ2n) is 5.85. The van der Waals surface area contributed by atoms with Crippen LogP contribution in [-0.2, 0) is 16.0 Å². The van der Waals surface area contributed by atoms with Crippen molar-refractivity contribution in [2.45, 2.75) is 52.5 Å². The third-order valence-corrected chi connectivity index (χ3v) is 4.18. The van der Waals surface area contributed by atoms with Crippen LogP contribution in [0.4, 0.5) is 0 Å². The van der Waals surface area contributed by atoms with E-state index in [1.54, 1.807) is 13.0 Å². The lowest BCUT2D eigenvalue weighted by molar-refractivity contribution is -0.146. The molecule has 1 aromatic rings. The van der Waals surface area contributed by atoms with Crippen molar-refractivity contribution < 1.29 is 14.7 Å². The highest BCUT2D eigenvalue weighted by Crippen LogP contribution is 2.27. The molecule has 2 rings (SSSR count). The van der Waals surface area contributed by atoms with E-state index in [-0.39, 0.29) is 5.91 Å². The Hall–Kier alpha value is -2.56. The van der Waals surface area contributed by atoms with Crippen molar-refractivity contribution in [1.29, 1.82) is 0 Å². The SMILES string of the molecule is C=C1CCC(C(=O)O)N1C(=O)/C(=C\C)NCCCc1ccccc1.CC. The van der Waals surface area contributed by atoms with Crippen LogP contribution >= 0.6 is 0 Å². The van der Waals surface area contributed by atoms with Crippen LogP contribution in [0.15, 0.2) is 54.4 Å². The molecule has 1 aliphatic rings. The zero-order valence-electron chi connectivity index (χ0n) is 16.0. The standard InChI is InChI=1S/C19H24N2O3.C2H6/c1-3-16(20-13-7-10-15-8-5-4-6-9-15)18(22)21-14(2)11-12-17(21)19(23)24;1-2/h3-6,8-9,17,20H,2,7,10-13H2,1H3,(H,23,24);1-2H3/b16-3+;. The number of hydrogen-bond acceptors (Lipinski definition) is 3. The van der Waals surface area contributed by atoms with Crippen LogP contribution in [0.2, 0.25) is 0 Å². The van der Waals surface area contributed by atoms with E-state index in [2.05, 4.69) is 24.0 Å². The Balaban J connectivity index is 0.00000163. The molecule has 5 nitrogen and oxygen atoms in total. The first-order valence-electron chi connectivity index (χ1n) is 9.23. The molecule has 1 aliphatic heterocycles. The Morgan fingerprint density at radius 2 is 1.96 bits per heavy atom. The number of rotatable bonds is 7. The second kappa shape index (κ2) is 11.1. The topological polar surface area (TPSA) is 69.6 Å². The van der Waals surface area contributed by atoms with Crippen molar-refractivity contribution in [2.75, 3.05) is 6.54 Å². The van der Waals surface area contributed by atoms with Gasteiger partial charge in [0.15, 0.2) is 0 Å². The number of carboxylic acids is 1. The highest BCUT2D eigenvalue weighted by Gasteiger charge is 2.37. The number of carbonyl (C=O) groups excluding carboxylic acids is 1. The third-order valence-electron chi connectivity index (χ3n) is 4.18. The van der Waals surface area contributed by atoms with E-state index in [0.717, 1.165) is 12.8 Å². The van der Waals surface area contributed by atoms with Crippen molar-refractivity contribution in [1.82, 2.24) is 10.2 Å². The summed E-state index contributed by atoms with van der Waals surface area (Å²) in [5.74, 6) is -1.30. The van der Waals surface area contributed by atoms with Crippen molar-refractivity contribution in [3.05, 3.63) is 59.9 Å². The van der Waals surface area contributed by atoms with E-state index >= 15 is 0 Å². The molecule has 1 aromatic carbocycles. The molecule has 1 atom stereocenters. The molecule has 0 bridgehead atoms. The maximum absolute atomic E-state index is 12.6. The summed E-state index contributed by atoms with van der Waals surface area (Å²) in [5, 5.41) is 12.4. The normalized spacial score (nSPS) is 16.7. The van der Waals surface area contributed by atoms with Gasteiger partial charge < -0.3 is 10.4 Å². The minimum absolute atomic E-state index is 0.313. The van der Waals surface area contributed by atoms with Gasteiger partial charge in [-0.05, 0) is 38.2 Å². The van der Waals surface area contributed by atoms with E-state index in [9.17, 15) is 14.7 Å². The van der Waals surface area contributed by atoms with E-state index in [0.29, 0.717) is 30.8 Å². The average molecular weight is 358 g/mol. The maximum atomic E-state index is 12.6. The molecule has 1 fully saturated rings. The molecule has 0 aromatic heterocycles. The lowest BCUT2D eigenvalue weighted by atomic mass is 10.1. The number of carboxylic acid groups (broad SMARTS) is 1. The number of nitrogens with zero attached hydrogens (tertiary/aromatic N) is 1. The predicted octanol–water partition coefficient (Wildman–Crippen LogP) is 3.73. The predicted molar refractivity (Wildman–Crippen MR) is 105 cm³/mol. The lowest BCUT2D eigenvalue weighted by Crippen LogP contribution is -2.42. The highest BCUT2D eigenvalue weighted by molar-refractivity contribution is 5.97. The molecular formula is C21H30N2O3. The van der Waals surface area contributed by atoms with Crippen molar-refractivity contribution in [3.63, 3.8) is 0 Å². The zero-order valence-corrected chi connectivity index (χ0v) is 16.0. The van der Waals surface area contributed by atoms with Gasteiger partial charge in [0.25, 0.3) is 5.91 Å². The first kappa shape index (κ1) is 21.5. The van der Waals surface area contributed by atoms with Gasteiger partial charge in [-0.3, -0.25) is 9.69 Å². The number of nitrogens with one attached hydrogen (secondary N) is 1. The number of amides is 1. The lowest BCUT2D eigenvalue weighted by Gasteiger charge is -2.24. The van der Waals surface area contributed by atoms with Gasteiger partial charge >= 0.3 is 5.97 Å². The monoisotopic (exact) mass is 358 g/mol. The average Bonchev–Trinajstić information content (AvgIpc) is 3.05. The highest BCUT2D eigenvalue weighted by atomic mass is 16.4. The van der Waals surface area contributed by atoms with Gasteiger partial charge in [-0.25, -0.2) is 4.79 Å². The fraction of sp³-hybridized carbons (Fsp3) is 0.429. The van der Waals surface area contributed by atoms with Gasteiger partial charge in [-0.1, -0.05) is 56.8 Å². The van der Waals surface area contributed by atoms with Crippen LogP contribution in [0.3, 0.4) is 0 Å². The summed E-state index contributed by atoms with van der Waals surface area (Å²) >= 11 is 0. The summed E-state index contributed by atoms with van der Waals surface area (Å²) in [7, 11) is 0. The number of benzene rings is 1. The summed E-state index contributed by atoms with van der Waals surface area (Å²) in [5.41, 5.74) is 2.25. The van der Waals surface area contributed by atoms with Crippen LogP contribution in [0.25, 0.3) is 0 Å². The van der Waals surface area contributed by atoms with Crippen LogP contribution in [0.1, 0.15) is 45.6 Å². The van der Waals surface area contributed by atoms with E-state index in [1.807, 2.05) is 32.0 Å². The molecule has 1 heterocycles. The van der Waals surface area contributed by atoms with Crippen LogP contribution < -0.4 is 5.32 Å². The van der Waals surface area contributed by atoms with Gasteiger partial charge in [0.05, 0.1) is 5.70 Å². The molecule has 5 heteroatoms. The Kier molecular flexibility index (Phi) is 9.20. The summed E-state index contributed by atoms with van der Waals surface area (Å²) < 4.78 is 0. The molecule has 0 saturated carbocycles. The summed E-state index contributed by atoms with van der Waals surface area (Å²) in [6.45, 7) is 10.2. The number of hydrogen-bond donors (Lipinski definition) is 2. The van der Waals surface area contributed by atoms with Gasteiger partial charge in [-0.15, -0.1) is 0 Å². The van der Waals surface area contributed by atoms with Crippen LogP contribution in [0, 0.1) is 0 Å². The smallest absolute Gasteiger partial charge is 0.326 e. The number of carbonyl (C=O) groups is 2. The molecule has 26 heavy (non-hydrogen) atoms. The summed E-state index contributed by atoms with van der Waals surface area (Å²) in [6.07, 6.45) is 4.46. The first-order chi connectivity index (χ1) is 12.5. The molecular weight excluding hydrogens is 328 g/mol. The maximum Gasteiger partial charge on any atom is 0.326 e. The number of likely N-dealkylation sites (tertiary alicyclic amines) is 1. The molecule has 0 radical (unpaired) electrons. The Bertz CT molecular complexity index is 638. The fourth-order valence-corrected chi connectivity index (χ4v) is 2.88. The fourth-order valence-electron chi connectivity index (χ4n) is 2.88. The van der Waals surface area contributed by atoms with E-state index < -0.39 is 12.0 Å². The quantitative estimate of drug-likeness (QED) is 0.576. The van der Waals surface area contributed by atoms with Gasteiger partial charge in [0, 0.05) is 12.2 Å². The number of aryl methyl sites for hydroxylation is 1.